The quantitative estimate of drug-likeness (QED) is 0.767. The number of anilines is 1. The lowest BCUT2D eigenvalue weighted by molar-refractivity contribution is -0.138. The molecule has 1 aliphatic rings. The van der Waals surface area contributed by atoms with Gasteiger partial charge in [-0.25, -0.2) is 9.67 Å². The minimum absolute atomic E-state index is 0.0891. The van der Waals surface area contributed by atoms with Crippen molar-refractivity contribution >= 4 is 17.3 Å². The van der Waals surface area contributed by atoms with Gasteiger partial charge in [0.05, 0.1) is 28.7 Å². The number of nitrogens with zero attached hydrogens (tertiary/aromatic N) is 3. The molecule has 9 heteroatoms. The molecule has 5 nitrogen and oxygen atoms in total. The highest BCUT2D eigenvalue weighted by Crippen LogP contribution is 2.34. The van der Waals surface area contributed by atoms with E-state index in [4.69, 9.17) is 11.6 Å². The zero-order valence-electron chi connectivity index (χ0n) is 14.4. The van der Waals surface area contributed by atoms with E-state index in [1.54, 1.807) is 6.07 Å². The van der Waals surface area contributed by atoms with E-state index in [1.165, 1.54) is 17.8 Å². The summed E-state index contributed by atoms with van der Waals surface area (Å²) < 4.78 is 40.3. The number of halogens is 4. The zero-order valence-corrected chi connectivity index (χ0v) is 15.2. The van der Waals surface area contributed by atoms with Crippen LogP contribution in [0.3, 0.4) is 0 Å². The number of hydrogen-bond donors (Lipinski definition) is 2. The molecule has 2 aromatic rings. The van der Waals surface area contributed by atoms with Crippen molar-refractivity contribution in [3.8, 4) is 5.69 Å². The van der Waals surface area contributed by atoms with Crippen molar-refractivity contribution in [1.82, 2.24) is 14.8 Å². The largest absolute Gasteiger partial charge is 0.419 e. The topological polar surface area (TPSA) is 63.0 Å². The van der Waals surface area contributed by atoms with Gasteiger partial charge in [0.15, 0.2) is 0 Å². The molecule has 2 aromatic heterocycles. The minimum atomic E-state index is -4.47. The third-order valence-corrected chi connectivity index (χ3v) is 4.93. The van der Waals surface area contributed by atoms with E-state index < -0.39 is 17.3 Å². The van der Waals surface area contributed by atoms with Crippen LogP contribution < -0.4 is 5.32 Å². The summed E-state index contributed by atoms with van der Waals surface area (Å²) in [6.07, 6.45) is 0.685. The van der Waals surface area contributed by atoms with Crippen molar-refractivity contribution in [1.29, 1.82) is 0 Å². The van der Waals surface area contributed by atoms with Crippen molar-refractivity contribution < 1.29 is 18.3 Å². The fourth-order valence-electron chi connectivity index (χ4n) is 3.19. The van der Waals surface area contributed by atoms with E-state index in [2.05, 4.69) is 15.4 Å². The van der Waals surface area contributed by atoms with Crippen LogP contribution in [0.2, 0.25) is 5.15 Å². The molecule has 0 radical (unpaired) electrons. The van der Waals surface area contributed by atoms with Crippen molar-refractivity contribution in [2.24, 2.45) is 0 Å². The first kappa shape index (κ1) is 19.0. The first-order valence-corrected chi connectivity index (χ1v) is 8.71. The maximum Gasteiger partial charge on any atom is 0.419 e. The monoisotopic (exact) mass is 388 g/mol. The Balaban J connectivity index is 1.90. The summed E-state index contributed by atoms with van der Waals surface area (Å²) in [7, 11) is 0. The molecule has 0 aliphatic heterocycles. The molecular formula is C17H20ClF3N4O. The number of rotatable bonds is 3. The summed E-state index contributed by atoms with van der Waals surface area (Å²) in [5.41, 5.74) is -0.602. The molecule has 0 unspecified atom stereocenters. The number of nitrogens with one attached hydrogen (secondary N) is 1. The SMILES string of the molecule is Cc1nn(-c2cnc(Cl)cc2NC2CCC(C)(O)CC2)cc1C(F)(F)F. The van der Waals surface area contributed by atoms with E-state index in [0.29, 0.717) is 24.2 Å². The molecule has 1 saturated carbocycles. The Morgan fingerprint density at radius 3 is 2.58 bits per heavy atom. The molecule has 2 heterocycles. The summed E-state index contributed by atoms with van der Waals surface area (Å²) in [4.78, 5) is 3.98. The lowest BCUT2D eigenvalue weighted by atomic mass is 9.83. The summed E-state index contributed by atoms with van der Waals surface area (Å²) >= 11 is 5.98. The van der Waals surface area contributed by atoms with E-state index in [0.717, 1.165) is 19.0 Å². The molecule has 26 heavy (non-hydrogen) atoms. The van der Waals surface area contributed by atoms with E-state index in [9.17, 15) is 18.3 Å². The van der Waals surface area contributed by atoms with Gasteiger partial charge < -0.3 is 10.4 Å². The van der Waals surface area contributed by atoms with E-state index in [1.807, 2.05) is 6.92 Å². The zero-order chi connectivity index (χ0) is 19.1. The van der Waals surface area contributed by atoms with Gasteiger partial charge in [0.2, 0.25) is 0 Å². The smallest absolute Gasteiger partial charge is 0.390 e. The highest BCUT2D eigenvalue weighted by molar-refractivity contribution is 6.29. The normalized spacial score (nSPS) is 23.9. The molecule has 0 bridgehead atoms. The molecular weight excluding hydrogens is 369 g/mol. The second-order valence-electron chi connectivity index (χ2n) is 7.01. The standard InChI is InChI=1S/C17H20ClF3N4O/c1-10-12(17(19,20)21)9-25(24-10)14-8-22-15(18)7-13(14)23-11-3-5-16(2,26)6-4-11/h7-9,11,26H,3-6H2,1-2H3,(H,22,23). The Bertz CT molecular complexity index is 794. The van der Waals surface area contributed by atoms with E-state index in [-0.39, 0.29) is 16.9 Å². The summed E-state index contributed by atoms with van der Waals surface area (Å²) in [5.74, 6) is 0. The van der Waals surface area contributed by atoms with Crippen molar-refractivity contribution in [2.75, 3.05) is 5.32 Å². The van der Waals surface area contributed by atoms with Crippen molar-refractivity contribution in [3.05, 3.63) is 34.9 Å². The van der Waals surface area contributed by atoms with Gasteiger partial charge in [0, 0.05) is 18.3 Å². The van der Waals surface area contributed by atoms with Crippen LogP contribution in [0, 0.1) is 6.92 Å². The van der Waals surface area contributed by atoms with Crippen LogP contribution in [0.15, 0.2) is 18.5 Å². The van der Waals surface area contributed by atoms with E-state index >= 15 is 0 Å². The maximum absolute atomic E-state index is 13.1. The van der Waals surface area contributed by atoms with Crippen LogP contribution >= 0.6 is 11.6 Å². The van der Waals surface area contributed by atoms with Crippen LogP contribution in [0.4, 0.5) is 18.9 Å². The molecule has 0 amide bonds. The van der Waals surface area contributed by atoms with Gasteiger partial charge in [0.1, 0.15) is 10.8 Å². The lowest BCUT2D eigenvalue weighted by Crippen LogP contribution is -2.35. The van der Waals surface area contributed by atoms with Crippen LogP contribution in [0.5, 0.6) is 0 Å². The van der Waals surface area contributed by atoms with Gasteiger partial charge in [0.25, 0.3) is 0 Å². The third kappa shape index (κ3) is 4.12. The molecule has 2 N–H and O–H groups in total. The number of aryl methyl sites for hydroxylation is 1. The molecule has 1 aliphatic carbocycles. The number of aliphatic hydroxyl groups is 1. The van der Waals surface area contributed by atoms with Crippen molar-refractivity contribution in [3.63, 3.8) is 0 Å². The number of pyridine rings is 1. The highest BCUT2D eigenvalue weighted by atomic mass is 35.5. The highest BCUT2D eigenvalue weighted by Gasteiger charge is 2.35. The first-order chi connectivity index (χ1) is 12.0. The van der Waals surface area contributed by atoms with Crippen LogP contribution in [0.1, 0.15) is 43.9 Å². The minimum Gasteiger partial charge on any atom is -0.390 e. The molecule has 1 fully saturated rings. The Kier molecular flexibility index (Phi) is 4.92. The molecule has 0 saturated heterocycles. The van der Waals surface area contributed by atoms with Gasteiger partial charge >= 0.3 is 6.18 Å². The maximum atomic E-state index is 13.1. The number of hydrogen-bond acceptors (Lipinski definition) is 4. The fraction of sp³-hybridized carbons (Fsp3) is 0.529. The summed E-state index contributed by atoms with van der Waals surface area (Å²) in [6, 6.07) is 1.67. The predicted molar refractivity (Wildman–Crippen MR) is 92.6 cm³/mol. The molecule has 3 rings (SSSR count). The fourth-order valence-corrected chi connectivity index (χ4v) is 3.34. The van der Waals surface area contributed by atoms with Gasteiger partial charge in [-0.2, -0.15) is 18.3 Å². The number of aromatic nitrogens is 3. The van der Waals surface area contributed by atoms with Crippen LogP contribution in [-0.2, 0) is 6.18 Å². The Labute approximate surface area is 154 Å². The predicted octanol–water partition coefficient (Wildman–Crippen LogP) is 4.35. The second kappa shape index (κ2) is 6.74. The second-order valence-corrected chi connectivity index (χ2v) is 7.40. The molecule has 0 aromatic carbocycles. The van der Waals surface area contributed by atoms with Gasteiger partial charge in [-0.05, 0) is 39.5 Å². The van der Waals surface area contributed by atoms with Crippen molar-refractivity contribution in [2.45, 2.75) is 57.3 Å². The van der Waals surface area contributed by atoms with Gasteiger partial charge in [-0.3, -0.25) is 0 Å². The van der Waals surface area contributed by atoms with Crippen LogP contribution in [-0.4, -0.2) is 31.5 Å². The Morgan fingerprint density at radius 2 is 2.00 bits per heavy atom. The molecule has 0 spiro atoms. The summed E-state index contributed by atoms with van der Waals surface area (Å²) in [6.45, 7) is 3.13. The first-order valence-electron chi connectivity index (χ1n) is 8.33. The third-order valence-electron chi connectivity index (χ3n) is 4.72. The molecule has 142 valence electrons. The number of alkyl halides is 3. The lowest BCUT2D eigenvalue weighted by Gasteiger charge is -2.34. The molecule has 0 atom stereocenters. The Hall–Kier alpha value is -1.80. The summed E-state index contributed by atoms with van der Waals surface area (Å²) in [5, 5.41) is 17.6. The average molecular weight is 389 g/mol. The Morgan fingerprint density at radius 1 is 1.35 bits per heavy atom. The average Bonchev–Trinajstić information content (AvgIpc) is 2.91. The van der Waals surface area contributed by atoms with Crippen LogP contribution in [0.25, 0.3) is 5.69 Å². The van der Waals surface area contributed by atoms with Gasteiger partial charge in [-0.15, -0.1) is 0 Å². The van der Waals surface area contributed by atoms with Gasteiger partial charge in [-0.1, -0.05) is 11.6 Å².